The van der Waals surface area contributed by atoms with E-state index in [1.165, 1.54) is 6.07 Å². The zero-order valence-electron chi connectivity index (χ0n) is 24.8. The Morgan fingerprint density at radius 1 is 1.07 bits per heavy atom. The summed E-state index contributed by atoms with van der Waals surface area (Å²) >= 11 is 0. The Morgan fingerprint density at radius 3 is 2.42 bits per heavy atom. The predicted octanol–water partition coefficient (Wildman–Crippen LogP) is 8.96. The second kappa shape index (κ2) is 14.6. The molecule has 3 aromatic rings. The number of Topliss-reactive ketones (excluding diaryl/α,β-unsaturated/α-hetero) is 1. The number of aryl methyl sites for hydroxylation is 1. The van der Waals surface area contributed by atoms with E-state index in [0.29, 0.717) is 35.6 Å². The summed E-state index contributed by atoms with van der Waals surface area (Å²) in [5.74, 6) is 1.97. The number of aromatic nitrogens is 1. The first-order valence-electron chi connectivity index (χ1n) is 14.7. The molecule has 0 saturated carbocycles. The minimum atomic E-state index is -4.49. The van der Waals surface area contributed by atoms with Crippen LogP contribution in [-0.4, -0.2) is 47.8 Å². The number of dihydropyridines is 1. The normalized spacial score (nSPS) is 16.4. The second-order valence-corrected chi connectivity index (χ2v) is 12.8. The second-order valence-electron chi connectivity index (χ2n) is 11.1. The SMILES string of the molecule is CCCC(CCCC(=O)c1ccc(OC2CC=C(C(F)(F)F)C=N2)cc1)Cp1cc2c(C)c(C(=O)NCC(F)(F)F)ccc2n1. The average Bonchev–Trinajstić information content (AvgIpc) is 3.39. The van der Waals surface area contributed by atoms with Crippen LogP contribution in [0.5, 0.6) is 5.75 Å². The van der Waals surface area contributed by atoms with Crippen LogP contribution in [0.15, 0.2) is 58.8 Å². The molecule has 1 N–H and O–H groups in total. The molecule has 1 aromatic heterocycles. The Balaban J connectivity index is 1.29. The molecule has 0 radical (unpaired) electrons. The molecule has 0 fully saturated rings. The van der Waals surface area contributed by atoms with Gasteiger partial charge in [0, 0.05) is 41.7 Å². The largest absolute Gasteiger partial charge is 0.468 e. The Hall–Kier alpha value is -3.66. The number of halogens is 6. The predicted molar refractivity (Wildman–Crippen MR) is 162 cm³/mol. The molecule has 3 atom stereocenters. The lowest BCUT2D eigenvalue weighted by molar-refractivity contribution is -0.123. The van der Waals surface area contributed by atoms with Crippen molar-refractivity contribution < 1.29 is 40.7 Å². The lowest BCUT2D eigenvalue weighted by Crippen LogP contribution is -2.34. The molecule has 0 spiro atoms. The highest BCUT2D eigenvalue weighted by molar-refractivity contribution is 7.44. The molecule has 1 amide bonds. The summed E-state index contributed by atoms with van der Waals surface area (Å²) in [6.07, 6.45) is -3.28. The molecule has 2 aromatic carbocycles. The number of aliphatic imine (C=N–C) groups is 1. The van der Waals surface area contributed by atoms with Crippen LogP contribution in [-0.2, 0) is 6.16 Å². The number of nitrogens with one attached hydrogen (secondary N) is 1. The van der Waals surface area contributed by atoms with Crippen LogP contribution in [0.25, 0.3) is 10.9 Å². The summed E-state index contributed by atoms with van der Waals surface area (Å²) in [5, 5.41) is 2.71. The van der Waals surface area contributed by atoms with Gasteiger partial charge in [-0.2, -0.15) is 26.3 Å². The number of rotatable bonds is 13. The standard InChI is InChI=1S/C32H34F6N3O3P/c1-3-5-21(17-45-18-26-20(2)25(13-14-27(26)41-45)30(43)40-19-31(33,34)35)6-4-7-28(42)22-8-11-24(12-9-22)44-29-15-10-23(16-39-29)32(36,37)38/h8-14,16,18,21,29H,3-7,15,17,19H2,1-2H3,(H,40,43). The maximum Gasteiger partial charge on any atom is 0.417 e. The van der Waals surface area contributed by atoms with Crippen LogP contribution in [0.2, 0.25) is 0 Å². The lowest BCUT2D eigenvalue weighted by Gasteiger charge is -2.18. The fourth-order valence-corrected chi connectivity index (χ4v) is 7.45. The molecule has 3 unspecified atom stereocenters. The highest BCUT2D eigenvalue weighted by Gasteiger charge is 2.34. The Labute approximate surface area is 258 Å². The Kier molecular flexibility index (Phi) is 11.1. The van der Waals surface area contributed by atoms with Crippen molar-refractivity contribution in [1.82, 2.24) is 10.1 Å². The maximum atomic E-state index is 12.8. The number of fused-ring (bicyclic) bond motifs is 1. The highest BCUT2D eigenvalue weighted by atomic mass is 31.1. The van der Waals surface area contributed by atoms with Gasteiger partial charge in [0.25, 0.3) is 5.91 Å². The van der Waals surface area contributed by atoms with Crippen molar-refractivity contribution in [3.63, 3.8) is 0 Å². The summed E-state index contributed by atoms with van der Waals surface area (Å²) in [6, 6.07) is 9.68. The molecule has 242 valence electrons. The number of allylic oxidation sites excluding steroid dienone is 1. The molecule has 45 heavy (non-hydrogen) atoms. The number of alkyl halides is 6. The zero-order chi connectivity index (χ0) is 32.8. The van der Waals surface area contributed by atoms with Gasteiger partial charge in [-0.15, -0.1) is 0 Å². The Morgan fingerprint density at radius 2 is 1.80 bits per heavy atom. The average molecular weight is 654 g/mol. The smallest absolute Gasteiger partial charge is 0.417 e. The number of amides is 1. The summed E-state index contributed by atoms with van der Waals surface area (Å²) in [7, 11) is -0.872. The molecule has 13 heteroatoms. The summed E-state index contributed by atoms with van der Waals surface area (Å²) < 4.78 is 86.3. The number of carbonyl (C=O) groups excluding carboxylic acids is 2. The third kappa shape index (κ3) is 9.66. The number of ether oxygens (including phenoxy) is 1. The molecule has 0 saturated heterocycles. The van der Waals surface area contributed by atoms with Gasteiger partial charge in [-0.3, -0.25) is 9.59 Å². The van der Waals surface area contributed by atoms with Crippen molar-refractivity contribution in [2.45, 2.75) is 77.1 Å². The first-order chi connectivity index (χ1) is 21.2. The summed E-state index contributed by atoms with van der Waals surface area (Å²) in [5.41, 5.74) is 1.26. The zero-order valence-corrected chi connectivity index (χ0v) is 25.7. The molecule has 6 nitrogen and oxygen atoms in total. The molecule has 0 bridgehead atoms. The van der Waals surface area contributed by atoms with Crippen LogP contribution in [0.4, 0.5) is 26.3 Å². The highest BCUT2D eigenvalue weighted by Crippen LogP contribution is 2.38. The maximum absolute atomic E-state index is 12.8. The first-order valence-corrected chi connectivity index (χ1v) is 16.2. The summed E-state index contributed by atoms with van der Waals surface area (Å²) in [4.78, 5) is 29.0. The van der Waals surface area contributed by atoms with E-state index in [0.717, 1.165) is 48.6 Å². The van der Waals surface area contributed by atoms with Gasteiger partial charge in [0.2, 0.25) is 0 Å². The monoisotopic (exact) mass is 653 g/mol. The molecule has 0 aliphatic carbocycles. The molecule has 1 aliphatic rings. The number of carbonyl (C=O) groups is 2. The van der Waals surface area contributed by atoms with E-state index >= 15 is 0 Å². The third-order valence-electron chi connectivity index (χ3n) is 7.55. The number of benzene rings is 2. The van der Waals surface area contributed by atoms with Gasteiger partial charge in [-0.05, 0) is 81.1 Å². The van der Waals surface area contributed by atoms with E-state index in [1.807, 2.05) is 11.1 Å². The van der Waals surface area contributed by atoms with E-state index < -0.39 is 44.3 Å². The van der Waals surface area contributed by atoms with Crippen LogP contribution in [0, 0.1) is 12.8 Å². The molecule has 1 aliphatic heterocycles. The molecular weight excluding hydrogens is 619 g/mol. The number of hydrogen-bond donors (Lipinski definition) is 1. The minimum absolute atomic E-state index is 0.00651. The van der Waals surface area contributed by atoms with E-state index in [2.05, 4.69) is 11.9 Å². The minimum Gasteiger partial charge on any atom is -0.468 e. The molecular formula is C32H34F6N3O3P. The van der Waals surface area contributed by atoms with E-state index in [-0.39, 0.29) is 17.8 Å². The third-order valence-corrected chi connectivity index (χ3v) is 9.47. The van der Waals surface area contributed by atoms with Gasteiger partial charge in [-0.1, -0.05) is 25.8 Å². The van der Waals surface area contributed by atoms with Gasteiger partial charge < -0.3 is 10.1 Å². The van der Waals surface area contributed by atoms with Crippen LogP contribution >= 0.6 is 7.69 Å². The first kappa shape index (κ1) is 34.2. The van der Waals surface area contributed by atoms with Gasteiger partial charge >= 0.3 is 12.4 Å². The molecule has 2 heterocycles. The van der Waals surface area contributed by atoms with Crippen LogP contribution < -0.4 is 10.1 Å². The van der Waals surface area contributed by atoms with Crippen molar-refractivity contribution in [1.29, 1.82) is 0 Å². The lowest BCUT2D eigenvalue weighted by atomic mass is 9.97. The van der Waals surface area contributed by atoms with Crippen molar-refractivity contribution in [3.05, 3.63) is 70.5 Å². The quantitative estimate of drug-likeness (QED) is 0.148. The topological polar surface area (TPSA) is 80.6 Å². The van der Waals surface area contributed by atoms with E-state index in [9.17, 15) is 35.9 Å². The van der Waals surface area contributed by atoms with Gasteiger partial charge in [0.15, 0.2) is 12.0 Å². The fraction of sp³-hybridized carbons (Fsp3) is 0.438. The van der Waals surface area contributed by atoms with Crippen molar-refractivity contribution in [3.8, 4) is 5.75 Å². The van der Waals surface area contributed by atoms with Gasteiger partial charge in [0.05, 0.1) is 11.1 Å². The Bertz CT molecular complexity index is 1560. The van der Waals surface area contributed by atoms with Crippen molar-refractivity contribution in [2.24, 2.45) is 10.9 Å². The van der Waals surface area contributed by atoms with Gasteiger partial charge in [-0.25, -0.2) is 9.74 Å². The molecule has 4 rings (SSSR count). The fourth-order valence-electron chi connectivity index (χ4n) is 5.24. The van der Waals surface area contributed by atoms with Gasteiger partial charge in [0.1, 0.15) is 12.3 Å². The van der Waals surface area contributed by atoms with Crippen LogP contribution in [0.1, 0.15) is 71.7 Å². The number of hydrogen-bond acceptors (Lipinski definition) is 5. The van der Waals surface area contributed by atoms with E-state index in [1.54, 1.807) is 37.3 Å². The number of ketones is 1. The summed E-state index contributed by atoms with van der Waals surface area (Å²) in [6.45, 7) is 2.42. The van der Waals surface area contributed by atoms with Crippen molar-refractivity contribution in [2.75, 3.05) is 6.54 Å². The number of nitrogens with zero attached hydrogens (tertiary/aromatic N) is 2. The van der Waals surface area contributed by atoms with Crippen molar-refractivity contribution >= 4 is 36.5 Å². The van der Waals surface area contributed by atoms with Crippen LogP contribution in [0.3, 0.4) is 0 Å². The van der Waals surface area contributed by atoms with E-state index in [4.69, 9.17) is 9.48 Å².